The highest BCUT2D eigenvalue weighted by molar-refractivity contribution is 7.09. The number of hydrogen-bond donors (Lipinski definition) is 2. The van der Waals surface area contributed by atoms with Crippen LogP contribution in [0.15, 0.2) is 48.0 Å². The molecule has 5 nitrogen and oxygen atoms in total. The Morgan fingerprint density at radius 1 is 1.18 bits per heavy atom. The van der Waals surface area contributed by atoms with Gasteiger partial charge in [-0.05, 0) is 42.1 Å². The van der Waals surface area contributed by atoms with Crippen molar-refractivity contribution in [2.24, 2.45) is 0 Å². The number of thiophene rings is 1. The topological polar surface area (TPSA) is 55.4 Å². The fourth-order valence-electron chi connectivity index (χ4n) is 3.87. The molecule has 3 heterocycles. The smallest absolute Gasteiger partial charge is 0.123 e. The molecule has 4 rings (SSSR count). The maximum absolute atomic E-state index is 13.2. The van der Waals surface area contributed by atoms with Crippen LogP contribution in [0.3, 0.4) is 0 Å². The van der Waals surface area contributed by atoms with E-state index in [-0.39, 0.29) is 12.4 Å². The zero-order chi connectivity index (χ0) is 19.3. The lowest BCUT2D eigenvalue weighted by molar-refractivity contribution is 0.0507. The minimum atomic E-state index is -0.237. The van der Waals surface area contributed by atoms with Crippen LogP contribution in [0.5, 0.6) is 0 Å². The predicted molar refractivity (Wildman–Crippen MR) is 109 cm³/mol. The molecule has 2 N–H and O–H groups in total. The Bertz CT molecular complexity index is 865. The number of piperazine rings is 1. The fraction of sp³-hybridized carbons (Fsp3) is 0.381. The third-order valence-corrected chi connectivity index (χ3v) is 6.20. The van der Waals surface area contributed by atoms with Gasteiger partial charge in [0.1, 0.15) is 5.82 Å². The molecule has 0 aliphatic carbocycles. The third-order valence-electron chi connectivity index (χ3n) is 5.33. The molecular weight excluding hydrogens is 375 g/mol. The van der Waals surface area contributed by atoms with Crippen molar-refractivity contribution in [2.45, 2.75) is 25.6 Å². The summed E-state index contributed by atoms with van der Waals surface area (Å²) in [6.45, 7) is 4.81. The van der Waals surface area contributed by atoms with Crippen LogP contribution in [-0.2, 0) is 13.1 Å². The summed E-state index contributed by atoms with van der Waals surface area (Å²) in [5.41, 5.74) is 3.00. The predicted octanol–water partition coefficient (Wildman–Crippen LogP) is 3.35. The number of aliphatic hydroxyl groups is 1. The first-order valence-electron chi connectivity index (χ1n) is 9.61. The molecule has 0 saturated carbocycles. The van der Waals surface area contributed by atoms with Gasteiger partial charge in [0.15, 0.2) is 0 Å². The highest BCUT2D eigenvalue weighted by Crippen LogP contribution is 2.25. The maximum atomic E-state index is 13.2. The fourth-order valence-corrected chi connectivity index (χ4v) is 4.60. The minimum Gasteiger partial charge on any atom is -0.396 e. The number of rotatable bonds is 7. The molecule has 1 aliphatic heterocycles. The van der Waals surface area contributed by atoms with E-state index >= 15 is 0 Å². The van der Waals surface area contributed by atoms with Gasteiger partial charge in [0, 0.05) is 61.4 Å². The van der Waals surface area contributed by atoms with Crippen LogP contribution in [0, 0.1) is 5.82 Å². The van der Waals surface area contributed by atoms with Gasteiger partial charge in [0.25, 0.3) is 0 Å². The number of nitrogens with zero attached hydrogens (tertiary/aromatic N) is 3. The van der Waals surface area contributed by atoms with E-state index in [9.17, 15) is 9.50 Å². The molecule has 1 unspecified atom stereocenters. The van der Waals surface area contributed by atoms with Crippen molar-refractivity contribution in [2.75, 3.05) is 26.2 Å². The first-order valence-corrected chi connectivity index (χ1v) is 10.5. The molecule has 1 aliphatic rings. The number of benzene rings is 1. The first-order chi connectivity index (χ1) is 13.7. The second-order valence-corrected chi connectivity index (χ2v) is 8.26. The van der Waals surface area contributed by atoms with Crippen molar-refractivity contribution in [1.29, 1.82) is 0 Å². The van der Waals surface area contributed by atoms with Crippen molar-refractivity contribution in [3.8, 4) is 11.3 Å². The van der Waals surface area contributed by atoms with Gasteiger partial charge < -0.3 is 5.11 Å². The molecule has 1 saturated heterocycles. The Labute approximate surface area is 168 Å². The minimum absolute atomic E-state index is 0.200. The monoisotopic (exact) mass is 400 g/mol. The van der Waals surface area contributed by atoms with Gasteiger partial charge in [-0.15, -0.1) is 11.3 Å². The Balaban J connectivity index is 1.43. The number of aliphatic hydroxyl groups excluding tert-OH is 1. The molecule has 7 heteroatoms. The van der Waals surface area contributed by atoms with Crippen LogP contribution in [0.4, 0.5) is 4.39 Å². The molecule has 0 amide bonds. The lowest BCUT2D eigenvalue weighted by Crippen LogP contribution is -2.52. The standard InChI is InChI=1S/C21H25FN4OS/c22-18-5-3-16(4-6-18)21-17(12-23-24-21)13-25-8-9-26(19(14-25)7-10-27)15-20-2-1-11-28-20/h1-6,11-12,19,27H,7-10,13-15H2,(H,23,24). The molecule has 2 aromatic heterocycles. The second-order valence-electron chi connectivity index (χ2n) is 7.23. The quantitative estimate of drug-likeness (QED) is 0.639. The molecule has 0 bridgehead atoms. The average molecular weight is 401 g/mol. The highest BCUT2D eigenvalue weighted by atomic mass is 32.1. The summed E-state index contributed by atoms with van der Waals surface area (Å²) >= 11 is 1.78. The zero-order valence-electron chi connectivity index (χ0n) is 15.7. The zero-order valence-corrected chi connectivity index (χ0v) is 16.5. The van der Waals surface area contributed by atoms with E-state index in [2.05, 4.69) is 37.5 Å². The summed E-state index contributed by atoms with van der Waals surface area (Å²) in [7, 11) is 0. The van der Waals surface area contributed by atoms with Gasteiger partial charge in [-0.1, -0.05) is 6.07 Å². The Hall–Kier alpha value is -2.06. The molecule has 3 aromatic rings. The number of nitrogens with one attached hydrogen (secondary N) is 1. The van der Waals surface area contributed by atoms with Crippen LogP contribution < -0.4 is 0 Å². The molecule has 1 atom stereocenters. The normalized spacial score (nSPS) is 18.6. The van der Waals surface area contributed by atoms with E-state index in [1.165, 1.54) is 17.0 Å². The molecule has 1 aromatic carbocycles. The number of aromatic amines is 1. The molecule has 0 spiro atoms. The molecule has 0 radical (unpaired) electrons. The first kappa shape index (κ1) is 19.3. The number of hydrogen-bond acceptors (Lipinski definition) is 5. The number of aromatic nitrogens is 2. The van der Waals surface area contributed by atoms with Gasteiger partial charge in [-0.3, -0.25) is 14.9 Å². The lowest BCUT2D eigenvalue weighted by atomic mass is 10.1. The van der Waals surface area contributed by atoms with E-state index in [0.717, 1.165) is 56.0 Å². The molecule has 28 heavy (non-hydrogen) atoms. The van der Waals surface area contributed by atoms with Crippen molar-refractivity contribution < 1.29 is 9.50 Å². The van der Waals surface area contributed by atoms with Gasteiger partial charge in [0.2, 0.25) is 0 Å². The van der Waals surface area contributed by atoms with E-state index < -0.39 is 0 Å². The summed E-state index contributed by atoms with van der Waals surface area (Å²) in [6, 6.07) is 11.1. The Morgan fingerprint density at radius 3 is 2.79 bits per heavy atom. The van der Waals surface area contributed by atoms with E-state index in [0.29, 0.717) is 6.04 Å². The summed E-state index contributed by atoms with van der Waals surface area (Å²) in [5.74, 6) is -0.237. The average Bonchev–Trinajstić information content (AvgIpc) is 3.37. The van der Waals surface area contributed by atoms with Crippen molar-refractivity contribution in [1.82, 2.24) is 20.0 Å². The number of halogens is 1. The maximum Gasteiger partial charge on any atom is 0.123 e. The summed E-state index contributed by atoms with van der Waals surface area (Å²) in [6.07, 6.45) is 2.63. The van der Waals surface area contributed by atoms with Crippen LogP contribution in [0.1, 0.15) is 16.9 Å². The Morgan fingerprint density at radius 2 is 2.04 bits per heavy atom. The van der Waals surface area contributed by atoms with E-state index in [1.54, 1.807) is 23.5 Å². The van der Waals surface area contributed by atoms with Crippen LogP contribution in [0.25, 0.3) is 11.3 Å². The van der Waals surface area contributed by atoms with Crippen molar-refractivity contribution >= 4 is 11.3 Å². The van der Waals surface area contributed by atoms with Gasteiger partial charge in [-0.2, -0.15) is 5.10 Å². The SMILES string of the molecule is OCCC1CN(Cc2cn[nH]c2-c2ccc(F)cc2)CCN1Cc1cccs1. The van der Waals surface area contributed by atoms with E-state index in [4.69, 9.17) is 0 Å². The Kier molecular flexibility index (Phi) is 6.17. The summed E-state index contributed by atoms with van der Waals surface area (Å²) < 4.78 is 13.2. The van der Waals surface area contributed by atoms with E-state index in [1.807, 2.05) is 6.20 Å². The molecule has 148 valence electrons. The second kappa shape index (κ2) is 8.96. The number of H-pyrrole nitrogens is 1. The van der Waals surface area contributed by atoms with Crippen LogP contribution in [0.2, 0.25) is 0 Å². The van der Waals surface area contributed by atoms with Gasteiger partial charge in [0.05, 0.1) is 11.9 Å². The third kappa shape index (κ3) is 4.50. The van der Waals surface area contributed by atoms with Gasteiger partial charge in [-0.25, -0.2) is 4.39 Å². The van der Waals surface area contributed by atoms with Crippen LogP contribution >= 0.6 is 11.3 Å². The molecular formula is C21H25FN4OS. The summed E-state index contributed by atoms with van der Waals surface area (Å²) in [5, 5.41) is 18.9. The molecule has 1 fully saturated rings. The van der Waals surface area contributed by atoms with Crippen molar-refractivity contribution in [3.63, 3.8) is 0 Å². The van der Waals surface area contributed by atoms with Crippen molar-refractivity contribution in [3.05, 3.63) is 64.2 Å². The summed E-state index contributed by atoms with van der Waals surface area (Å²) in [4.78, 5) is 6.27. The highest BCUT2D eigenvalue weighted by Gasteiger charge is 2.27. The van der Waals surface area contributed by atoms with Crippen LogP contribution in [-0.4, -0.2) is 57.4 Å². The van der Waals surface area contributed by atoms with Gasteiger partial charge >= 0.3 is 0 Å². The largest absolute Gasteiger partial charge is 0.396 e. The lowest BCUT2D eigenvalue weighted by Gasteiger charge is -2.41.